The first kappa shape index (κ1) is 18.4. The Morgan fingerprint density at radius 3 is 2.12 bits per heavy atom. The topological polar surface area (TPSA) is 66.6 Å². The van der Waals surface area contributed by atoms with Crippen LogP contribution in [0.5, 0.6) is 0 Å². The van der Waals surface area contributed by atoms with Gasteiger partial charge in [-0.3, -0.25) is 14.5 Å². The van der Waals surface area contributed by atoms with Crippen LogP contribution in [0.3, 0.4) is 0 Å². The Balaban J connectivity index is 1.62. The molecule has 0 spiro atoms. The fraction of sp³-hybridized carbons (Fsp3) is 0.300. The fourth-order valence-electron chi connectivity index (χ4n) is 3.28. The molecule has 136 valence electrons. The first-order valence-electron chi connectivity index (χ1n) is 8.65. The number of rotatable bonds is 4. The van der Waals surface area contributed by atoms with Gasteiger partial charge in [-0.2, -0.15) is 0 Å². The molecule has 1 heterocycles. The molecule has 0 aromatic heterocycles. The van der Waals surface area contributed by atoms with Crippen LogP contribution in [0.25, 0.3) is 0 Å². The van der Waals surface area contributed by atoms with Crippen molar-refractivity contribution in [3.63, 3.8) is 0 Å². The first-order chi connectivity index (χ1) is 12.5. The molecule has 3 rings (SSSR count). The highest BCUT2D eigenvalue weighted by Gasteiger charge is 2.26. The third-order valence-corrected chi connectivity index (χ3v) is 5.27. The van der Waals surface area contributed by atoms with Crippen molar-refractivity contribution in [2.24, 2.45) is 5.73 Å². The zero-order valence-electron chi connectivity index (χ0n) is 14.7. The number of nitrogens with two attached hydrogens (primary N) is 1. The van der Waals surface area contributed by atoms with Crippen LogP contribution in [0, 0.1) is 0 Å². The Kier molecular flexibility index (Phi) is 5.59. The summed E-state index contributed by atoms with van der Waals surface area (Å²) in [4.78, 5) is 28.0. The van der Waals surface area contributed by atoms with Crippen molar-refractivity contribution in [2.75, 3.05) is 26.2 Å². The van der Waals surface area contributed by atoms with E-state index in [1.165, 1.54) is 0 Å². The Morgan fingerprint density at radius 1 is 0.962 bits per heavy atom. The lowest BCUT2D eigenvalue weighted by Gasteiger charge is -2.38. The Labute approximate surface area is 158 Å². The highest BCUT2D eigenvalue weighted by atomic mass is 35.5. The summed E-state index contributed by atoms with van der Waals surface area (Å²) < 4.78 is 0. The lowest BCUT2D eigenvalue weighted by Crippen LogP contribution is -2.49. The molecule has 1 fully saturated rings. The van der Waals surface area contributed by atoms with Crippen molar-refractivity contribution in [3.8, 4) is 0 Å². The molecular formula is C20H22ClN3O2. The van der Waals surface area contributed by atoms with Crippen molar-refractivity contribution < 1.29 is 9.59 Å². The summed E-state index contributed by atoms with van der Waals surface area (Å²) >= 11 is 6.31. The summed E-state index contributed by atoms with van der Waals surface area (Å²) in [6.07, 6.45) is 0. The van der Waals surface area contributed by atoms with Gasteiger partial charge in [0.05, 0.1) is 0 Å². The molecule has 0 bridgehead atoms. The number of halogens is 1. The maximum atomic E-state index is 12.7. The monoisotopic (exact) mass is 371 g/mol. The van der Waals surface area contributed by atoms with Crippen LogP contribution in [0.1, 0.15) is 39.2 Å². The van der Waals surface area contributed by atoms with Crippen LogP contribution in [0.2, 0.25) is 5.02 Å². The molecule has 0 saturated carbocycles. The minimum Gasteiger partial charge on any atom is -0.366 e. The van der Waals surface area contributed by atoms with Gasteiger partial charge in [0.15, 0.2) is 0 Å². The number of carbonyl (C=O) groups is 2. The second-order valence-electron chi connectivity index (χ2n) is 6.47. The number of piperazine rings is 1. The van der Waals surface area contributed by atoms with Crippen molar-refractivity contribution >= 4 is 23.4 Å². The molecule has 1 unspecified atom stereocenters. The van der Waals surface area contributed by atoms with Crippen LogP contribution < -0.4 is 5.73 Å². The molecule has 2 N–H and O–H groups in total. The maximum absolute atomic E-state index is 12.7. The molecule has 5 nitrogen and oxygen atoms in total. The van der Waals surface area contributed by atoms with Gasteiger partial charge < -0.3 is 10.6 Å². The summed E-state index contributed by atoms with van der Waals surface area (Å²) in [6, 6.07) is 14.6. The third kappa shape index (κ3) is 3.89. The highest BCUT2D eigenvalue weighted by molar-refractivity contribution is 6.31. The van der Waals surface area contributed by atoms with E-state index in [1.54, 1.807) is 24.3 Å². The fourth-order valence-corrected chi connectivity index (χ4v) is 3.58. The lowest BCUT2D eigenvalue weighted by atomic mass is 10.1. The Bertz CT molecular complexity index is 799. The SMILES string of the molecule is CC(c1ccccc1Cl)N1CCN(C(=O)c2ccc(C(N)=O)cc2)CC1. The molecule has 1 saturated heterocycles. The third-order valence-electron chi connectivity index (χ3n) is 4.92. The predicted octanol–water partition coefficient (Wildman–Crippen LogP) is 2.96. The highest BCUT2D eigenvalue weighted by Crippen LogP contribution is 2.28. The molecule has 2 amide bonds. The minimum absolute atomic E-state index is 0.0222. The van der Waals surface area contributed by atoms with E-state index in [9.17, 15) is 9.59 Å². The van der Waals surface area contributed by atoms with Gasteiger partial charge in [0.1, 0.15) is 0 Å². The van der Waals surface area contributed by atoms with E-state index in [0.717, 1.165) is 23.7 Å². The van der Waals surface area contributed by atoms with E-state index in [0.29, 0.717) is 24.2 Å². The number of amides is 2. The molecule has 0 radical (unpaired) electrons. The van der Waals surface area contributed by atoms with E-state index in [-0.39, 0.29) is 11.9 Å². The lowest BCUT2D eigenvalue weighted by molar-refractivity contribution is 0.0582. The largest absolute Gasteiger partial charge is 0.366 e. The Morgan fingerprint density at radius 2 is 1.54 bits per heavy atom. The van der Waals surface area contributed by atoms with Crippen LogP contribution in [0.4, 0.5) is 0 Å². The van der Waals surface area contributed by atoms with Crippen molar-refractivity contribution in [2.45, 2.75) is 13.0 Å². The van der Waals surface area contributed by atoms with Gasteiger partial charge in [-0.1, -0.05) is 29.8 Å². The standard InChI is InChI=1S/C20H22ClN3O2/c1-14(17-4-2-3-5-18(17)21)23-10-12-24(13-11-23)20(26)16-8-6-15(7-9-16)19(22)25/h2-9,14H,10-13H2,1H3,(H2,22,25). The van der Waals surface area contributed by atoms with Gasteiger partial charge in [0.25, 0.3) is 5.91 Å². The minimum atomic E-state index is -0.494. The summed E-state index contributed by atoms with van der Waals surface area (Å²) in [6.45, 7) is 5.03. The van der Waals surface area contributed by atoms with Gasteiger partial charge in [0.2, 0.25) is 5.91 Å². The second kappa shape index (κ2) is 7.89. The average molecular weight is 372 g/mol. The van der Waals surface area contributed by atoms with Crippen LogP contribution >= 0.6 is 11.6 Å². The smallest absolute Gasteiger partial charge is 0.253 e. The zero-order chi connectivity index (χ0) is 18.7. The molecule has 6 heteroatoms. The summed E-state index contributed by atoms with van der Waals surface area (Å²) in [7, 11) is 0. The molecule has 1 atom stereocenters. The maximum Gasteiger partial charge on any atom is 0.253 e. The van der Waals surface area contributed by atoms with Crippen molar-refractivity contribution in [1.29, 1.82) is 0 Å². The van der Waals surface area contributed by atoms with E-state index in [4.69, 9.17) is 17.3 Å². The van der Waals surface area contributed by atoms with Crippen LogP contribution in [-0.2, 0) is 0 Å². The van der Waals surface area contributed by atoms with Gasteiger partial charge in [-0.25, -0.2) is 0 Å². The molecule has 26 heavy (non-hydrogen) atoms. The van der Waals surface area contributed by atoms with E-state index in [1.807, 2.05) is 29.2 Å². The second-order valence-corrected chi connectivity index (χ2v) is 6.87. The molecule has 1 aliphatic heterocycles. The van der Waals surface area contributed by atoms with E-state index in [2.05, 4.69) is 11.8 Å². The van der Waals surface area contributed by atoms with Gasteiger partial charge in [-0.05, 0) is 42.8 Å². The van der Waals surface area contributed by atoms with E-state index < -0.39 is 5.91 Å². The normalized spacial score (nSPS) is 16.3. The van der Waals surface area contributed by atoms with Gasteiger partial charge in [-0.15, -0.1) is 0 Å². The van der Waals surface area contributed by atoms with Crippen molar-refractivity contribution in [1.82, 2.24) is 9.80 Å². The van der Waals surface area contributed by atoms with Crippen LogP contribution in [0.15, 0.2) is 48.5 Å². The molecule has 2 aromatic rings. The Hall–Kier alpha value is -2.37. The number of nitrogens with zero attached hydrogens (tertiary/aromatic N) is 2. The average Bonchev–Trinajstić information content (AvgIpc) is 2.67. The quantitative estimate of drug-likeness (QED) is 0.898. The summed E-state index contributed by atoms with van der Waals surface area (Å²) in [5, 5.41) is 0.771. The summed E-state index contributed by atoms with van der Waals surface area (Å²) in [5.74, 6) is -0.516. The van der Waals surface area contributed by atoms with E-state index >= 15 is 0 Å². The molecule has 2 aromatic carbocycles. The first-order valence-corrected chi connectivity index (χ1v) is 9.03. The van der Waals surface area contributed by atoms with Crippen LogP contribution in [-0.4, -0.2) is 47.8 Å². The number of carbonyl (C=O) groups excluding carboxylic acids is 2. The molecule has 1 aliphatic rings. The number of benzene rings is 2. The predicted molar refractivity (Wildman–Crippen MR) is 102 cm³/mol. The number of hydrogen-bond donors (Lipinski definition) is 1. The number of primary amides is 1. The zero-order valence-corrected chi connectivity index (χ0v) is 15.4. The van der Waals surface area contributed by atoms with Gasteiger partial charge >= 0.3 is 0 Å². The van der Waals surface area contributed by atoms with Crippen molar-refractivity contribution in [3.05, 3.63) is 70.2 Å². The molecule has 0 aliphatic carbocycles. The summed E-state index contributed by atoms with van der Waals surface area (Å²) in [5.41, 5.74) is 7.32. The number of hydrogen-bond acceptors (Lipinski definition) is 3. The van der Waals surface area contributed by atoms with Gasteiger partial charge in [0, 0.05) is 48.4 Å². The molecular weight excluding hydrogens is 350 g/mol.